The lowest BCUT2D eigenvalue weighted by molar-refractivity contribution is -0.387. The Morgan fingerprint density at radius 1 is 1.42 bits per heavy atom. The Kier molecular flexibility index (Phi) is 3.82. The molecule has 0 unspecified atom stereocenters. The molecule has 98 valence electrons. The minimum Gasteiger partial charge on any atom is -0.303 e. The van der Waals surface area contributed by atoms with Gasteiger partial charge in [0.1, 0.15) is 6.33 Å². The number of rotatable bonds is 4. The summed E-state index contributed by atoms with van der Waals surface area (Å²) in [5.74, 6) is 5.13. The van der Waals surface area contributed by atoms with Gasteiger partial charge in [-0.15, -0.1) is 0 Å². The van der Waals surface area contributed by atoms with Gasteiger partial charge in [-0.1, -0.05) is 0 Å². The number of hydrogen-bond acceptors (Lipinski definition) is 9. The molecule has 2 heterocycles. The quantitative estimate of drug-likeness (QED) is 0.275. The molecule has 0 amide bonds. The van der Waals surface area contributed by atoms with Gasteiger partial charge in [0.2, 0.25) is 5.82 Å². The van der Waals surface area contributed by atoms with E-state index in [0.717, 1.165) is 17.5 Å². The number of nitrogens with two attached hydrogens (primary N) is 1. The Morgan fingerprint density at radius 3 is 2.84 bits per heavy atom. The molecule has 0 bridgehead atoms. The fourth-order valence-corrected chi connectivity index (χ4v) is 2.11. The van der Waals surface area contributed by atoms with Crippen LogP contribution in [0.3, 0.4) is 0 Å². The van der Waals surface area contributed by atoms with Crippen molar-refractivity contribution >= 4 is 23.3 Å². The molecule has 0 aliphatic heterocycles. The van der Waals surface area contributed by atoms with E-state index in [9.17, 15) is 10.1 Å². The Bertz CT molecular complexity index is 621. The van der Waals surface area contributed by atoms with Crippen molar-refractivity contribution in [2.45, 2.75) is 17.1 Å². The van der Waals surface area contributed by atoms with E-state index in [2.05, 4.69) is 25.4 Å². The summed E-state index contributed by atoms with van der Waals surface area (Å²) in [5.41, 5.74) is 2.62. The van der Waals surface area contributed by atoms with Gasteiger partial charge >= 0.3 is 5.69 Å². The Hall–Kier alpha value is -2.33. The Balaban J connectivity index is 2.42. The first kappa shape index (κ1) is 13.1. The van der Waals surface area contributed by atoms with E-state index in [1.807, 2.05) is 0 Å². The van der Waals surface area contributed by atoms with E-state index in [0.29, 0.717) is 5.16 Å². The van der Waals surface area contributed by atoms with Crippen molar-refractivity contribution in [1.29, 1.82) is 0 Å². The van der Waals surface area contributed by atoms with Gasteiger partial charge in [0.25, 0.3) is 0 Å². The maximum Gasteiger partial charge on any atom is 0.345 e. The van der Waals surface area contributed by atoms with Crippen molar-refractivity contribution in [1.82, 2.24) is 19.9 Å². The normalized spacial score (nSPS) is 10.2. The van der Waals surface area contributed by atoms with Crippen LogP contribution in [-0.4, -0.2) is 24.9 Å². The zero-order chi connectivity index (χ0) is 13.8. The number of nitrogen functional groups attached to an aromatic ring is 1. The second-order valence-electron chi connectivity index (χ2n) is 3.36. The lowest BCUT2D eigenvalue weighted by atomic mass is 10.5. The number of nitro groups is 1. The van der Waals surface area contributed by atoms with Crippen LogP contribution in [-0.2, 0) is 0 Å². The highest BCUT2D eigenvalue weighted by molar-refractivity contribution is 7.99. The first-order valence-corrected chi connectivity index (χ1v) is 5.87. The predicted octanol–water partition coefficient (Wildman–Crippen LogP) is 0.920. The van der Waals surface area contributed by atoms with Gasteiger partial charge in [0.05, 0.1) is 4.92 Å². The highest BCUT2D eigenvalue weighted by Crippen LogP contribution is 2.34. The van der Waals surface area contributed by atoms with Crippen LogP contribution in [0.15, 0.2) is 28.8 Å². The van der Waals surface area contributed by atoms with Gasteiger partial charge in [0, 0.05) is 11.9 Å². The summed E-state index contributed by atoms with van der Waals surface area (Å²) < 4.78 is 0. The highest BCUT2D eigenvalue weighted by Gasteiger charge is 2.23. The van der Waals surface area contributed by atoms with Crippen LogP contribution < -0.4 is 11.3 Å². The van der Waals surface area contributed by atoms with Crippen molar-refractivity contribution in [2.24, 2.45) is 5.84 Å². The van der Waals surface area contributed by atoms with Crippen molar-refractivity contribution in [3.05, 3.63) is 34.4 Å². The molecule has 0 saturated heterocycles. The van der Waals surface area contributed by atoms with Crippen LogP contribution in [0, 0.1) is 17.0 Å². The minimum absolute atomic E-state index is 0.0600. The van der Waals surface area contributed by atoms with Crippen LogP contribution in [0.25, 0.3) is 0 Å². The summed E-state index contributed by atoms with van der Waals surface area (Å²) in [6.45, 7) is 1.80. The number of hydrazine groups is 1. The van der Waals surface area contributed by atoms with E-state index >= 15 is 0 Å². The molecule has 0 aliphatic rings. The lowest BCUT2D eigenvalue weighted by Crippen LogP contribution is -2.12. The van der Waals surface area contributed by atoms with E-state index in [-0.39, 0.29) is 16.5 Å². The highest BCUT2D eigenvalue weighted by atomic mass is 32.2. The summed E-state index contributed by atoms with van der Waals surface area (Å²) in [4.78, 5) is 26.1. The SMILES string of the molecule is Cc1ccnc(Sc2ncnc(NN)c2[N+](=O)[O-])n1. The molecular weight excluding hydrogens is 270 g/mol. The molecular formula is C9H9N7O2S. The van der Waals surface area contributed by atoms with Crippen LogP contribution in [0.5, 0.6) is 0 Å². The predicted molar refractivity (Wildman–Crippen MR) is 67.4 cm³/mol. The van der Waals surface area contributed by atoms with Crippen LogP contribution in [0.1, 0.15) is 5.69 Å². The van der Waals surface area contributed by atoms with Gasteiger partial charge in [-0.25, -0.2) is 25.8 Å². The number of hydrogen-bond donors (Lipinski definition) is 2. The molecule has 2 aromatic rings. The second kappa shape index (κ2) is 5.54. The first-order chi connectivity index (χ1) is 9.11. The third kappa shape index (κ3) is 2.92. The van der Waals surface area contributed by atoms with Crippen molar-refractivity contribution < 1.29 is 4.92 Å². The average molecular weight is 279 g/mol. The van der Waals surface area contributed by atoms with Gasteiger partial charge in [0.15, 0.2) is 10.2 Å². The smallest absolute Gasteiger partial charge is 0.303 e. The van der Waals surface area contributed by atoms with E-state index in [1.54, 1.807) is 19.2 Å². The van der Waals surface area contributed by atoms with E-state index in [1.165, 1.54) is 6.33 Å². The zero-order valence-corrected chi connectivity index (χ0v) is 10.6. The van der Waals surface area contributed by atoms with Crippen LogP contribution >= 0.6 is 11.8 Å². The van der Waals surface area contributed by atoms with Crippen LogP contribution in [0.4, 0.5) is 11.5 Å². The molecule has 0 radical (unpaired) electrons. The molecule has 0 aliphatic carbocycles. The van der Waals surface area contributed by atoms with Gasteiger partial charge in [-0.2, -0.15) is 0 Å². The topological polar surface area (TPSA) is 133 Å². The van der Waals surface area contributed by atoms with Crippen molar-refractivity contribution in [2.75, 3.05) is 5.43 Å². The summed E-state index contributed by atoms with van der Waals surface area (Å²) in [7, 11) is 0. The minimum atomic E-state index is -0.604. The fraction of sp³-hybridized carbons (Fsp3) is 0.111. The maximum atomic E-state index is 11.0. The molecule has 0 aromatic carbocycles. The molecule has 0 atom stereocenters. The Labute approximate surface area is 111 Å². The van der Waals surface area contributed by atoms with Gasteiger partial charge in [-0.3, -0.25) is 10.1 Å². The Morgan fingerprint density at radius 2 is 2.21 bits per heavy atom. The van der Waals surface area contributed by atoms with Gasteiger partial charge < -0.3 is 5.43 Å². The largest absolute Gasteiger partial charge is 0.345 e. The monoisotopic (exact) mass is 279 g/mol. The number of nitrogens with zero attached hydrogens (tertiary/aromatic N) is 5. The van der Waals surface area contributed by atoms with Gasteiger partial charge in [-0.05, 0) is 24.8 Å². The number of anilines is 1. The van der Waals surface area contributed by atoms with E-state index in [4.69, 9.17) is 5.84 Å². The van der Waals surface area contributed by atoms with E-state index < -0.39 is 4.92 Å². The van der Waals surface area contributed by atoms with Crippen molar-refractivity contribution in [3.63, 3.8) is 0 Å². The molecule has 0 saturated carbocycles. The zero-order valence-electron chi connectivity index (χ0n) is 9.77. The third-order valence-electron chi connectivity index (χ3n) is 2.07. The standard InChI is InChI=1S/C9H9N7O2S/c1-5-2-3-11-9(14-5)19-8-6(16(17)18)7(15-10)12-4-13-8/h2-4H,10H2,1H3,(H,12,13,15). The molecule has 0 fully saturated rings. The molecule has 2 aromatic heterocycles. The number of aromatic nitrogens is 4. The molecule has 19 heavy (non-hydrogen) atoms. The third-order valence-corrected chi connectivity index (χ3v) is 2.94. The molecule has 0 spiro atoms. The van der Waals surface area contributed by atoms with Crippen molar-refractivity contribution in [3.8, 4) is 0 Å². The number of aryl methyl sites for hydroxylation is 1. The summed E-state index contributed by atoms with van der Waals surface area (Å²) in [6.07, 6.45) is 2.75. The summed E-state index contributed by atoms with van der Waals surface area (Å²) >= 11 is 0.976. The summed E-state index contributed by atoms with van der Waals surface area (Å²) in [6, 6.07) is 1.73. The average Bonchev–Trinajstić information content (AvgIpc) is 2.38. The fourth-order valence-electron chi connectivity index (χ4n) is 1.27. The van der Waals surface area contributed by atoms with Crippen LogP contribution in [0.2, 0.25) is 0 Å². The lowest BCUT2D eigenvalue weighted by Gasteiger charge is -2.04. The molecule has 2 rings (SSSR count). The summed E-state index contributed by atoms with van der Waals surface area (Å²) in [5, 5.41) is 11.5. The molecule has 3 N–H and O–H groups in total. The molecule has 9 nitrogen and oxygen atoms in total. The maximum absolute atomic E-state index is 11.0. The second-order valence-corrected chi connectivity index (χ2v) is 4.32. The molecule has 10 heteroatoms. The first-order valence-electron chi connectivity index (χ1n) is 5.05. The number of nitrogens with one attached hydrogen (secondary N) is 1.